The largest absolute Gasteiger partial charge is 0.481 e. The highest BCUT2D eigenvalue weighted by atomic mass is 16.4. The third-order valence-electron chi connectivity index (χ3n) is 3.32. The van der Waals surface area contributed by atoms with Crippen LogP contribution in [0.4, 0.5) is 11.6 Å². The molecule has 0 aromatic carbocycles. The average molecular weight is 264 g/mol. The van der Waals surface area contributed by atoms with Gasteiger partial charge in [0.25, 0.3) is 0 Å². The van der Waals surface area contributed by atoms with Crippen LogP contribution in [0.5, 0.6) is 0 Å². The first-order valence-corrected chi connectivity index (χ1v) is 6.71. The summed E-state index contributed by atoms with van der Waals surface area (Å²) in [6, 6.07) is 1.92. The normalized spacial score (nSPS) is 19.2. The number of aromatic nitrogens is 2. The van der Waals surface area contributed by atoms with E-state index in [2.05, 4.69) is 20.2 Å². The first-order chi connectivity index (χ1) is 9.19. The highest BCUT2D eigenvalue weighted by molar-refractivity contribution is 5.67. The van der Waals surface area contributed by atoms with E-state index in [4.69, 9.17) is 5.11 Å². The fourth-order valence-electron chi connectivity index (χ4n) is 2.48. The molecule has 6 nitrogen and oxygen atoms in total. The number of hydrogen-bond donors (Lipinski definition) is 2. The Balaban J connectivity index is 2.04. The molecule has 6 heteroatoms. The monoisotopic (exact) mass is 264 g/mol. The second-order valence-electron chi connectivity index (χ2n) is 4.84. The number of rotatable bonds is 5. The van der Waals surface area contributed by atoms with Crippen molar-refractivity contribution in [3.63, 3.8) is 0 Å². The lowest BCUT2D eigenvalue weighted by Gasteiger charge is -2.33. The Morgan fingerprint density at radius 1 is 1.58 bits per heavy atom. The molecule has 0 amide bonds. The van der Waals surface area contributed by atoms with Gasteiger partial charge in [0.05, 0.1) is 0 Å². The summed E-state index contributed by atoms with van der Waals surface area (Å²) in [5.74, 6) is 1.18. The fourth-order valence-corrected chi connectivity index (χ4v) is 2.48. The number of carbonyl (C=O) groups is 1. The molecule has 1 atom stereocenters. The molecule has 0 bridgehead atoms. The van der Waals surface area contributed by atoms with Gasteiger partial charge in [0.1, 0.15) is 18.0 Å². The number of anilines is 2. The number of piperidine rings is 1. The third-order valence-corrected chi connectivity index (χ3v) is 3.32. The van der Waals surface area contributed by atoms with Crippen LogP contribution in [0.15, 0.2) is 12.4 Å². The van der Waals surface area contributed by atoms with Crippen molar-refractivity contribution < 1.29 is 9.90 Å². The van der Waals surface area contributed by atoms with Gasteiger partial charge in [-0.25, -0.2) is 9.97 Å². The molecule has 2 heterocycles. The van der Waals surface area contributed by atoms with Crippen LogP contribution < -0.4 is 10.2 Å². The summed E-state index contributed by atoms with van der Waals surface area (Å²) >= 11 is 0. The van der Waals surface area contributed by atoms with Crippen LogP contribution >= 0.6 is 0 Å². The lowest BCUT2D eigenvalue weighted by Crippen LogP contribution is -2.36. The molecule has 1 aromatic rings. The zero-order chi connectivity index (χ0) is 13.7. The summed E-state index contributed by atoms with van der Waals surface area (Å²) < 4.78 is 0. The zero-order valence-corrected chi connectivity index (χ0v) is 11.2. The molecule has 1 unspecified atom stereocenters. The summed E-state index contributed by atoms with van der Waals surface area (Å²) in [5, 5.41) is 12.0. The first kappa shape index (κ1) is 13.6. The Bertz CT molecular complexity index is 438. The van der Waals surface area contributed by atoms with E-state index in [-0.39, 0.29) is 12.3 Å². The number of hydrogen-bond acceptors (Lipinski definition) is 5. The fraction of sp³-hybridized carbons (Fsp3) is 0.615. The summed E-state index contributed by atoms with van der Waals surface area (Å²) in [4.78, 5) is 21.4. The topological polar surface area (TPSA) is 78.4 Å². The predicted octanol–water partition coefficient (Wildman–Crippen LogP) is 1.60. The predicted molar refractivity (Wildman–Crippen MR) is 73.4 cm³/mol. The van der Waals surface area contributed by atoms with Crippen molar-refractivity contribution in [2.45, 2.75) is 26.2 Å². The van der Waals surface area contributed by atoms with Gasteiger partial charge in [-0.3, -0.25) is 4.79 Å². The maximum absolute atomic E-state index is 10.8. The van der Waals surface area contributed by atoms with Crippen LogP contribution in [0.1, 0.15) is 26.2 Å². The lowest BCUT2D eigenvalue weighted by molar-refractivity contribution is -0.138. The summed E-state index contributed by atoms with van der Waals surface area (Å²) in [5.41, 5.74) is 0. The van der Waals surface area contributed by atoms with Crippen LogP contribution in [0.2, 0.25) is 0 Å². The molecule has 0 saturated carbocycles. The Morgan fingerprint density at radius 3 is 3.16 bits per heavy atom. The van der Waals surface area contributed by atoms with Gasteiger partial charge in [0, 0.05) is 32.1 Å². The van der Waals surface area contributed by atoms with E-state index in [1.54, 1.807) is 6.33 Å². The molecule has 1 aromatic heterocycles. The molecule has 2 rings (SSSR count). The molecule has 0 spiro atoms. The van der Waals surface area contributed by atoms with Gasteiger partial charge in [-0.15, -0.1) is 0 Å². The Labute approximate surface area is 112 Å². The van der Waals surface area contributed by atoms with Crippen molar-refractivity contribution >= 4 is 17.6 Å². The van der Waals surface area contributed by atoms with Crippen LogP contribution in [0.3, 0.4) is 0 Å². The molecule has 1 aliphatic heterocycles. The van der Waals surface area contributed by atoms with Crippen molar-refractivity contribution in [3.05, 3.63) is 12.4 Å². The van der Waals surface area contributed by atoms with E-state index in [9.17, 15) is 4.79 Å². The summed E-state index contributed by atoms with van der Waals surface area (Å²) in [6.45, 7) is 4.53. The first-order valence-electron chi connectivity index (χ1n) is 6.71. The molecule has 104 valence electrons. The molecular weight excluding hydrogens is 244 g/mol. The molecule has 0 aliphatic carbocycles. The standard InChI is InChI=1S/C13H20N4O2/c1-2-14-11-7-12(16-9-15-11)17-5-3-4-10(8-17)6-13(18)19/h7,9-10H,2-6,8H2,1H3,(H,18,19)(H,14,15,16). The maximum Gasteiger partial charge on any atom is 0.303 e. The van der Waals surface area contributed by atoms with Gasteiger partial charge in [-0.2, -0.15) is 0 Å². The van der Waals surface area contributed by atoms with E-state index in [1.165, 1.54) is 0 Å². The highest BCUT2D eigenvalue weighted by Gasteiger charge is 2.23. The van der Waals surface area contributed by atoms with Crippen molar-refractivity contribution in [3.8, 4) is 0 Å². The van der Waals surface area contributed by atoms with E-state index in [1.807, 2.05) is 13.0 Å². The second kappa shape index (κ2) is 6.36. The number of carboxylic acid groups (broad SMARTS) is 1. The number of nitrogens with zero attached hydrogens (tertiary/aromatic N) is 3. The number of aliphatic carboxylic acids is 1. The van der Waals surface area contributed by atoms with Crippen molar-refractivity contribution in [2.75, 3.05) is 29.9 Å². The lowest BCUT2D eigenvalue weighted by atomic mass is 9.95. The van der Waals surface area contributed by atoms with E-state index in [0.29, 0.717) is 0 Å². The zero-order valence-electron chi connectivity index (χ0n) is 11.2. The summed E-state index contributed by atoms with van der Waals surface area (Å²) in [6.07, 6.45) is 3.78. The van der Waals surface area contributed by atoms with Crippen molar-refractivity contribution in [2.24, 2.45) is 5.92 Å². The van der Waals surface area contributed by atoms with Gasteiger partial charge in [-0.05, 0) is 25.7 Å². The highest BCUT2D eigenvalue weighted by Crippen LogP contribution is 2.24. The maximum atomic E-state index is 10.8. The Hall–Kier alpha value is -1.85. The quantitative estimate of drug-likeness (QED) is 0.841. The number of nitrogens with one attached hydrogen (secondary N) is 1. The average Bonchev–Trinajstić information content (AvgIpc) is 2.39. The molecular formula is C13H20N4O2. The van der Waals surface area contributed by atoms with E-state index in [0.717, 1.165) is 44.1 Å². The van der Waals surface area contributed by atoms with Crippen LogP contribution in [-0.2, 0) is 4.79 Å². The van der Waals surface area contributed by atoms with Crippen LogP contribution in [-0.4, -0.2) is 40.7 Å². The third kappa shape index (κ3) is 3.81. The minimum absolute atomic E-state index is 0.212. The molecule has 1 saturated heterocycles. The number of carboxylic acids is 1. The Kier molecular flexibility index (Phi) is 4.54. The van der Waals surface area contributed by atoms with Crippen LogP contribution in [0, 0.1) is 5.92 Å². The second-order valence-corrected chi connectivity index (χ2v) is 4.84. The van der Waals surface area contributed by atoms with Crippen LogP contribution in [0.25, 0.3) is 0 Å². The molecule has 19 heavy (non-hydrogen) atoms. The molecule has 1 fully saturated rings. The minimum atomic E-state index is -0.720. The van der Waals surface area contributed by atoms with Crippen molar-refractivity contribution in [1.82, 2.24) is 9.97 Å². The van der Waals surface area contributed by atoms with E-state index < -0.39 is 5.97 Å². The minimum Gasteiger partial charge on any atom is -0.481 e. The van der Waals surface area contributed by atoms with E-state index >= 15 is 0 Å². The van der Waals surface area contributed by atoms with Gasteiger partial charge in [0.2, 0.25) is 0 Å². The molecule has 1 aliphatic rings. The van der Waals surface area contributed by atoms with Gasteiger partial charge in [0.15, 0.2) is 0 Å². The SMILES string of the molecule is CCNc1cc(N2CCCC(CC(=O)O)C2)ncn1. The summed E-state index contributed by atoms with van der Waals surface area (Å²) in [7, 11) is 0. The molecule has 0 radical (unpaired) electrons. The van der Waals surface area contributed by atoms with Gasteiger partial charge < -0.3 is 15.3 Å². The Morgan fingerprint density at radius 2 is 2.42 bits per heavy atom. The smallest absolute Gasteiger partial charge is 0.303 e. The van der Waals surface area contributed by atoms with Gasteiger partial charge in [-0.1, -0.05) is 0 Å². The molecule has 2 N–H and O–H groups in total. The van der Waals surface area contributed by atoms with Gasteiger partial charge >= 0.3 is 5.97 Å². The van der Waals surface area contributed by atoms with Crippen molar-refractivity contribution in [1.29, 1.82) is 0 Å².